The van der Waals surface area contributed by atoms with Crippen LogP contribution < -0.4 is 5.73 Å². The Bertz CT molecular complexity index is 583. The van der Waals surface area contributed by atoms with Crippen LogP contribution in [0.4, 0.5) is 0 Å². The molecule has 0 aromatic heterocycles. The molecule has 0 spiro atoms. The van der Waals surface area contributed by atoms with E-state index in [2.05, 4.69) is 25.8 Å². The van der Waals surface area contributed by atoms with Crippen LogP contribution in [0.5, 0.6) is 0 Å². The highest BCUT2D eigenvalue weighted by Gasteiger charge is 2.40. The summed E-state index contributed by atoms with van der Waals surface area (Å²) in [6.07, 6.45) is 0.658. The number of hydrogen-bond acceptors (Lipinski definition) is 2. The number of benzene rings is 2. The van der Waals surface area contributed by atoms with Gasteiger partial charge in [-0.3, -0.25) is 4.79 Å². The van der Waals surface area contributed by atoms with Crippen molar-refractivity contribution in [1.82, 2.24) is 4.90 Å². The first-order valence-electron chi connectivity index (χ1n) is 8.09. The van der Waals surface area contributed by atoms with Gasteiger partial charge in [0.2, 0.25) is 5.91 Å². The van der Waals surface area contributed by atoms with Gasteiger partial charge in [0.05, 0.1) is 5.41 Å². The Kier molecular flexibility index (Phi) is 5.56. The fourth-order valence-corrected chi connectivity index (χ4v) is 2.91. The second-order valence-corrected chi connectivity index (χ2v) is 6.33. The van der Waals surface area contributed by atoms with Crippen molar-refractivity contribution in [3.63, 3.8) is 0 Å². The van der Waals surface area contributed by atoms with Crippen LogP contribution in [0.1, 0.15) is 31.4 Å². The van der Waals surface area contributed by atoms with Gasteiger partial charge in [-0.05, 0) is 45.0 Å². The third-order valence-electron chi connectivity index (χ3n) is 4.67. The van der Waals surface area contributed by atoms with Crippen molar-refractivity contribution < 1.29 is 4.79 Å². The molecular formula is C20H26N2O. The van der Waals surface area contributed by atoms with Gasteiger partial charge in [-0.25, -0.2) is 0 Å². The summed E-state index contributed by atoms with van der Waals surface area (Å²) in [5, 5.41) is 0. The molecule has 2 rings (SSSR count). The Morgan fingerprint density at radius 3 is 1.78 bits per heavy atom. The first-order chi connectivity index (χ1) is 11.0. The fourth-order valence-electron chi connectivity index (χ4n) is 2.91. The number of amides is 1. The summed E-state index contributed by atoms with van der Waals surface area (Å²) in [6.45, 7) is 5.10. The van der Waals surface area contributed by atoms with Crippen LogP contribution in [0.25, 0.3) is 0 Å². The molecule has 0 heterocycles. The summed E-state index contributed by atoms with van der Waals surface area (Å²) >= 11 is 0. The van der Waals surface area contributed by atoms with Crippen LogP contribution in [-0.2, 0) is 10.2 Å². The number of carbonyl (C=O) groups excluding carboxylic acids is 1. The zero-order chi connectivity index (χ0) is 16.9. The quantitative estimate of drug-likeness (QED) is 0.853. The lowest BCUT2D eigenvalue weighted by atomic mass is 9.71. The Morgan fingerprint density at radius 2 is 1.43 bits per heavy atom. The first-order valence-corrected chi connectivity index (χ1v) is 8.09. The number of hydrogen-bond donors (Lipinski definition) is 1. The maximum Gasteiger partial charge on any atom is 0.232 e. The van der Waals surface area contributed by atoms with E-state index in [0.29, 0.717) is 12.5 Å². The standard InChI is InChI=1S/C20H26N2O/c1-16(2)22(3)15-14-20(19(21)23,17-10-6-4-7-11-17)18-12-8-5-9-13-18/h4-13,16H,14-15H2,1-3H3,(H2,21,23). The highest BCUT2D eigenvalue weighted by atomic mass is 16.1. The average molecular weight is 310 g/mol. The Balaban J connectivity index is 2.50. The minimum absolute atomic E-state index is 0.299. The number of carbonyl (C=O) groups is 1. The predicted molar refractivity (Wildman–Crippen MR) is 95.2 cm³/mol. The van der Waals surface area contributed by atoms with Gasteiger partial charge in [0, 0.05) is 6.04 Å². The maximum absolute atomic E-state index is 12.6. The molecule has 2 N–H and O–H groups in total. The lowest BCUT2D eigenvalue weighted by Crippen LogP contribution is -2.45. The largest absolute Gasteiger partial charge is 0.369 e. The molecule has 0 radical (unpaired) electrons. The van der Waals surface area contributed by atoms with Crippen LogP contribution in [0.3, 0.4) is 0 Å². The molecular weight excluding hydrogens is 284 g/mol. The smallest absolute Gasteiger partial charge is 0.232 e. The summed E-state index contributed by atoms with van der Waals surface area (Å²) < 4.78 is 0. The average Bonchev–Trinajstić information content (AvgIpc) is 2.56. The van der Waals surface area contributed by atoms with Crippen molar-refractivity contribution >= 4 is 5.91 Å². The van der Waals surface area contributed by atoms with Gasteiger partial charge in [-0.2, -0.15) is 0 Å². The Morgan fingerprint density at radius 1 is 1.00 bits per heavy atom. The SMILES string of the molecule is CC(C)N(C)CCC(C(N)=O)(c1ccccc1)c1ccccc1. The van der Waals surface area contributed by atoms with Gasteiger partial charge >= 0.3 is 0 Å². The summed E-state index contributed by atoms with van der Waals surface area (Å²) in [5.74, 6) is -0.299. The van der Waals surface area contributed by atoms with E-state index in [0.717, 1.165) is 17.7 Å². The number of primary amides is 1. The molecule has 122 valence electrons. The van der Waals surface area contributed by atoms with E-state index in [1.165, 1.54) is 0 Å². The molecule has 2 aromatic carbocycles. The monoisotopic (exact) mass is 310 g/mol. The number of nitrogens with two attached hydrogens (primary N) is 1. The fraction of sp³-hybridized carbons (Fsp3) is 0.350. The topological polar surface area (TPSA) is 46.3 Å². The normalized spacial score (nSPS) is 11.9. The molecule has 0 aliphatic carbocycles. The van der Waals surface area contributed by atoms with Crippen LogP contribution in [0.15, 0.2) is 60.7 Å². The van der Waals surface area contributed by atoms with E-state index < -0.39 is 5.41 Å². The number of nitrogens with zero attached hydrogens (tertiary/aromatic N) is 1. The van der Waals surface area contributed by atoms with Crippen molar-refractivity contribution in [2.45, 2.75) is 31.7 Å². The van der Waals surface area contributed by atoms with Gasteiger partial charge in [0.25, 0.3) is 0 Å². The van der Waals surface area contributed by atoms with Crippen LogP contribution in [0.2, 0.25) is 0 Å². The summed E-state index contributed by atoms with van der Waals surface area (Å²) in [7, 11) is 2.08. The van der Waals surface area contributed by atoms with E-state index in [1.807, 2.05) is 60.7 Å². The van der Waals surface area contributed by atoms with E-state index in [1.54, 1.807) is 0 Å². The van der Waals surface area contributed by atoms with Gasteiger partial charge in [0.1, 0.15) is 0 Å². The molecule has 0 aliphatic rings. The van der Waals surface area contributed by atoms with Gasteiger partial charge in [-0.1, -0.05) is 60.7 Å². The second-order valence-electron chi connectivity index (χ2n) is 6.33. The van der Waals surface area contributed by atoms with E-state index >= 15 is 0 Å². The molecule has 0 unspecified atom stereocenters. The molecule has 3 nitrogen and oxygen atoms in total. The van der Waals surface area contributed by atoms with Gasteiger partial charge < -0.3 is 10.6 Å². The van der Waals surface area contributed by atoms with Crippen molar-refractivity contribution in [2.24, 2.45) is 5.73 Å². The maximum atomic E-state index is 12.6. The third-order valence-corrected chi connectivity index (χ3v) is 4.67. The molecule has 2 aromatic rings. The number of rotatable bonds is 7. The van der Waals surface area contributed by atoms with Crippen LogP contribution in [0, 0.1) is 0 Å². The van der Waals surface area contributed by atoms with Crippen molar-refractivity contribution in [1.29, 1.82) is 0 Å². The van der Waals surface area contributed by atoms with Crippen molar-refractivity contribution in [3.8, 4) is 0 Å². The molecule has 3 heteroatoms. The van der Waals surface area contributed by atoms with Crippen LogP contribution in [-0.4, -0.2) is 30.4 Å². The minimum atomic E-state index is -0.800. The van der Waals surface area contributed by atoms with Crippen molar-refractivity contribution in [3.05, 3.63) is 71.8 Å². The highest BCUT2D eigenvalue weighted by molar-refractivity contribution is 5.90. The summed E-state index contributed by atoms with van der Waals surface area (Å²) in [5.41, 5.74) is 7.05. The summed E-state index contributed by atoms with van der Waals surface area (Å²) in [6, 6.07) is 20.2. The van der Waals surface area contributed by atoms with Gasteiger partial charge in [0.15, 0.2) is 0 Å². The zero-order valence-electron chi connectivity index (χ0n) is 14.2. The van der Waals surface area contributed by atoms with E-state index in [-0.39, 0.29) is 5.91 Å². The Labute approximate surface area is 139 Å². The molecule has 0 saturated carbocycles. The predicted octanol–water partition coefficient (Wildman–Crippen LogP) is 3.19. The zero-order valence-corrected chi connectivity index (χ0v) is 14.2. The lowest BCUT2D eigenvalue weighted by molar-refractivity contribution is -0.122. The third kappa shape index (κ3) is 3.62. The van der Waals surface area contributed by atoms with Gasteiger partial charge in [-0.15, -0.1) is 0 Å². The Hall–Kier alpha value is -2.13. The molecule has 0 atom stereocenters. The van der Waals surface area contributed by atoms with E-state index in [4.69, 9.17) is 5.73 Å². The molecule has 0 aliphatic heterocycles. The second kappa shape index (κ2) is 7.42. The molecule has 0 saturated heterocycles. The lowest BCUT2D eigenvalue weighted by Gasteiger charge is -2.34. The molecule has 23 heavy (non-hydrogen) atoms. The summed E-state index contributed by atoms with van der Waals surface area (Å²) in [4.78, 5) is 14.8. The highest BCUT2D eigenvalue weighted by Crippen LogP contribution is 2.35. The van der Waals surface area contributed by atoms with E-state index in [9.17, 15) is 4.79 Å². The van der Waals surface area contributed by atoms with Crippen molar-refractivity contribution in [2.75, 3.05) is 13.6 Å². The molecule has 0 bridgehead atoms. The molecule has 1 amide bonds. The first kappa shape index (κ1) is 17.2. The molecule has 0 fully saturated rings. The van der Waals surface area contributed by atoms with Crippen LogP contribution >= 0.6 is 0 Å². The minimum Gasteiger partial charge on any atom is -0.369 e.